The Morgan fingerprint density at radius 2 is 1.97 bits per heavy atom. The third kappa shape index (κ3) is 3.49. The Bertz CT molecular complexity index is 1100. The van der Waals surface area contributed by atoms with Gasteiger partial charge in [0.05, 0.1) is 22.7 Å². The predicted molar refractivity (Wildman–Crippen MR) is 121 cm³/mol. The zero-order valence-corrected chi connectivity index (χ0v) is 19.3. The van der Waals surface area contributed by atoms with Gasteiger partial charge in [-0.25, -0.2) is 4.79 Å². The number of aromatic nitrogens is 2. The molecule has 0 bridgehead atoms. The van der Waals surface area contributed by atoms with Gasteiger partial charge in [0.15, 0.2) is 0 Å². The van der Waals surface area contributed by atoms with Crippen LogP contribution in [0.1, 0.15) is 52.1 Å². The summed E-state index contributed by atoms with van der Waals surface area (Å²) in [5, 5.41) is 17.7. The number of piperazine rings is 1. The molecule has 4 rings (SSSR count). The molecule has 9 heteroatoms. The molecule has 0 radical (unpaired) electrons. The molecule has 1 aromatic heterocycles. The monoisotopic (exact) mass is 441 g/mol. The molecule has 3 heterocycles. The van der Waals surface area contributed by atoms with Crippen LogP contribution in [-0.2, 0) is 16.6 Å². The second-order valence-electron chi connectivity index (χ2n) is 10.1. The maximum Gasteiger partial charge on any atom is 0.407 e. The molecule has 0 aliphatic carbocycles. The van der Waals surface area contributed by atoms with Crippen molar-refractivity contribution in [2.24, 2.45) is 12.5 Å². The van der Waals surface area contributed by atoms with E-state index in [0.29, 0.717) is 38.2 Å². The van der Waals surface area contributed by atoms with E-state index in [4.69, 9.17) is 0 Å². The van der Waals surface area contributed by atoms with Crippen LogP contribution in [-0.4, -0.2) is 62.9 Å². The number of rotatable bonds is 2. The number of hydrogen-bond acceptors (Lipinski definition) is 5. The molecule has 2 saturated heterocycles. The maximum atomic E-state index is 12.4. The number of nitrogens with zero attached hydrogens (tertiary/aromatic N) is 4. The molecule has 32 heavy (non-hydrogen) atoms. The van der Waals surface area contributed by atoms with Crippen LogP contribution in [0.3, 0.4) is 0 Å². The third-order valence-corrected chi connectivity index (χ3v) is 7.33. The summed E-state index contributed by atoms with van der Waals surface area (Å²) in [4.78, 5) is 39.6. The quantitative estimate of drug-likeness (QED) is 0.694. The van der Waals surface area contributed by atoms with Crippen molar-refractivity contribution in [2.75, 3.05) is 24.5 Å². The first-order valence-electron chi connectivity index (χ1n) is 11.0. The molecule has 0 spiro atoms. The van der Waals surface area contributed by atoms with Crippen molar-refractivity contribution in [1.82, 2.24) is 20.0 Å². The molecule has 2 aliphatic heterocycles. The molecule has 172 valence electrons. The van der Waals surface area contributed by atoms with Gasteiger partial charge in [-0.3, -0.25) is 24.5 Å². The lowest BCUT2D eigenvalue weighted by Crippen LogP contribution is -2.67. The number of nitrogens with one attached hydrogen (secondary N) is 1. The number of carboxylic acid groups (broad SMARTS) is 1. The number of amides is 3. The summed E-state index contributed by atoms with van der Waals surface area (Å²) in [6.45, 7) is 9.83. The van der Waals surface area contributed by atoms with Gasteiger partial charge in [0, 0.05) is 44.2 Å². The highest BCUT2D eigenvalue weighted by molar-refractivity contribution is 6.02. The van der Waals surface area contributed by atoms with E-state index < -0.39 is 17.6 Å². The molecule has 2 atom stereocenters. The Hall–Kier alpha value is -3.10. The van der Waals surface area contributed by atoms with Crippen molar-refractivity contribution in [3.8, 4) is 0 Å². The molecule has 2 fully saturated rings. The predicted octanol–water partition coefficient (Wildman–Crippen LogP) is 2.70. The van der Waals surface area contributed by atoms with Crippen LogP contribution in [0.2, 0.25) is 0 Å². The van der Waals surface area contributed by atoms with Gasteiger partial charge in [0.1, 0.15) is 0 Å². The first-order valence-corrected chi connectivity index (χ1v) is 11.0. The second kappa shape index (κ2) is 7.50. The Balaban J connectivity index is 1.68. The number of carbonyl (C=O) groups excluding carboxylic acids is 2. The van der Waals surface area contributed by atoms with Gasteiger partial charge in [-0.1, -0.05) is 20.8 Å². The highest BCUT2D eigenvalue weighted by atomic mass is 16.4. The Labute approximate surface area is 187 Å². The molecule has 2 aromatic rings. The largest absolute Gasteiger partial charge is 0.465 e. The molecule has 9 nitrogen and oxygen atoms in total. The van der Waals surface area contributed by atoms with Crippen LogP contribution in [0, 0.1) is 5.41 Å². The van der Waals surface area contributed by atoms with E-state index in [-0.39, 0.29) is 17.2 Å². The number of benzene rings is 1. The Morgan fingerprint density at radius 3 is 2.59 bits per heavy atom. The van der Waals surface area contributed by atoms with E-state index in [0.717, 1.165) is 16.6 Å². The summed E-state index contributed by atoms with van der Waals surface area (Å²) in [5.41, 5.74) is 1.78. The van der Waals surface area contributed by atoms with Crippen LogP contribution < -0.4 is 10.2 Å². The number of carbonyl (C=O) groups is 3. The molecule has 0 saturated carbocycles. The van der Waals surface area contributed by atoms with Crippen molar-refractivity contribution >= 4 is 34.5 Å². The van der Waals surface area contributed by atoms with Crippen molar-refractivity contribution < 1.29 is 19.5 Å². The van der Waals surface area contributed by atoms with E-state index in [9.17, 15) is 19.5 Å². The fourth-order valence-corrected chi connectivity index (χ4v) is 4.85. The van der Waals surface area contributed by atoms with Crippen LogP contribution >= 0.6 is 0 Å². The smallest absolute Gasteiger partial charge is 0.407 e. The summed E-state index contributed by atoms with van der Waals surface area (Å²) >= 11 is 0. The number of piperidine rings is 1. The number of aryl methyl sites for hydroxylation is 1. The molecule has 2 N–H and O–H groups in total. The van der Waals surface area contributed by atoms with E-state index in [2.05, 4.69) is 42.2 Å². The van der Waals surface area contributed by atoms with E-state index >= 15 is 0 Å². The van der Waals surface area contributed by atoms with Gasteiger partial charge in [0.2, 0.25) is 11.8 Å². The Morgan fingerprint density at radius 1 is 1.25 bits per heavy atom. The zero-order chi connectivity index (χ0) is 23.4. The van der Waals surface area contributed by atoms with Crippen molar-refractivity contribution in [3.63, 3.8) is 0 Å². The first-order chi connectivity index (χ1) is 14.9. The maximum absolute atomic E-state index is 12.4. The summed E-state index contributed by atoms with van der Waals surface area (Å²) in [7, 11) is 1.85. The molecule has 3 amide bonds. The minimum atomic E-state index is -0.891. The van der Waals surface area contributed by atoms with Gasteiger partial charge < -0.3 is 10.0 Å². The van der Waals surface area contributed by atoms with Gasteiger partial charge >= 0.3 is 6.09 Å². The molecule has 2 aliphatic rings. The topological polar surface area (TPSA) is 108 Å². The number of anilines is 1. The molecular formula is C23H31N5O4. The van der Waals surface area contributed by atoms with Gasteiger partial charge in [-0.05, 0) is 37.0 Å². The lowest BCUT2D eigenvalue weighted by Gasteiger charge is -2.54. The number of hydrogen-bond donors (Lipinski definition) is 2. The summed E-state index contributed by atoms with van der Waals surface area (Å²) < 4.78 is 1.77. The minimum Gasteiger partial charge on any atom is -0.465 e. The fourth-order valence-electron chi connectivity index (χ4n) is 4.85. The summed E-state index contributed by atoms with van der Waals surface area (Å²) in [5.74, 6) is -0.974. The van der Waals surface area contributed by atoms with Crippen LogP contribution in [0.5, 0.6) is 0 Å². The van der Waals surface area contributed by atoms with E-state index in [1.54, 1.807) is 9.58 Å². The SMILES string of the molecule is Cn1nc(C2CCC(=O)NC2=O)c2ccc(N3CCN(C(=O)O)[C@@](C)(C(C)(C)C)C3)cc21. The standard InChI is InChI=1S/C23H31N5O4/c1-22(2,3)23(4)13-27(10-11-28(23)21(31)32)14-6-7-15-17(12-14)26(5)25-19(15)16-8-9-18(29)24-20(16)30/h6-7,12,16H,8-11,13H2,1-5H3,(H,31,32)(H,24,29,30)/t16?,23-/m1/s1. The normalized spacial score (nSPS) is 24.7. The summed E-state index contributed by atoms with van der Waals surface area (Å²) in [6, 6.07) is 6.05. The Kier molecular flexibility index (Phi) is 5.18. The highest BCUT2D eigenvalue weighted by Gasteiger charge is 2.48. The second-order valence-corrected chi connectivity index (χ2v) is 10.1. The summed E-state index contributed by atoms with van der Waals surface area (Å²) in [6.07, 6.45) is -0.121. The lowest BCUT2D eigenvalue weighted by molar-refractivity contribution is -0.134. The average molecular weight is 442 g/mol. The van der Waals surface area contributed by atoms with Gasteiger partial charge in [-0.15, -0.1) is 0 Å². The third-order valence-electron chi connectivity index (χ3n) is 7.33. The molecule has 1 unspecified atom stereocenters. The van der Waals surface area contributed by atoms with E-state index in [1.807, 2.05) is 26.1 Å². The van der Waals surface area contributed by atoms with Gasteiger partial charge in [-0.2, -0.15) is 5.10 Å². The average Bonchev–Trinajstić information content (AvgIpc) is 3.02. The highest BCUT2D eigenvalue weighted by Crippen LogP contribution is 2.40. The van der Waals surface area contributed by atoms with Crippen molar-refractivity contribution in [2.45, 2.75) is 52.0 Å². The first kappa shape index (κ1) is 22.1. The number of fused-ring (bicyclic) bond motifs is 1. The lowest BCUT2D eigenvalue weighted by atomic mass is 9.72. The fraction of sp³-hybridized carbons (Fsp3) is 0.565. The minimum absolute atomic E-state index is 0.240. The van der Waals surface area contributed by atoms with Crippen molar-refractivity contribution in [1.29, 1.82) is 0 Å². The zero-order valence-electron chi connectivity index (χ0n) is 19.3. The van der Waals surface area contributed by atoms with Crippen LogP contribution in [0.25, 0.3) is 10.9 Å². The van der Waals surface area contributed by atoms with Crippen LogP contribution in [0.15, 0.2) is 18.2 Å². The molecule has 1 aromatic carbocycles. The van der Waals surface area contributed by atoms with E-state index in [1.165, 1.54) is 0 Å². The van der Waals surface area contributed by atoms with Crippen LogP contribution in [0.4, 0.5) is 10.5 Å². The van der Waals surface area contributed by atoms with Gasteiger partial charge in [0.25, 0.3) is 0 Å². The van der Waals surface area contributed by atoms with Crippen molar-refractivity contribution in [3.05, 3.63) is 23.9 Å². The molecular weight excluding hydrogens is 410 g/mol. The number of imide groups is 1.